The molecule has 0 bridgehead atoms. The quantitative estimate of drug-likeness (QED) is 0.455. The van der Waals surface area contributed by atoms with Crippen molar-refractivity contribution in [3.63, 3.8) is 0 Å². The summed E-state index contributed by atoms with van der Waals surface area (Å²) in [6, 6.07) is 10.3. The zero-order valence-corrected chi connectivity index (χ0v) is 11.3. The van der Waals surface area contributed by atoms with E-state index in [0.29, 0.717) is 0 Å². The SMILES string of the molecule is C=N/N=C(/SCCC)N(C)Cc1ccccc1. The van der Waals surface area contributed by atoms with Crippen molar-refractivity contribution in [1.82, 2.24) is 4.90 Å². The smallest absolute Gasteiger partial charge is 0.185 e. The normalized spacial score (nSPS) is 11.3. The molecule has 0 aliphatic rings. The summed E-state index contributed by atoms with van der Waals surface area (Å²) in [6.45, 7) is 6.42. The molecule has 0 saturated carbocycles. The average Bonchev–Trinajstić information content (AvgIpc) is 2.35. The third-order valence-electron chi connectivity index (χ3n) is 2.18. The molecule has 17 heavy (non-hydrogen) atoms. The Labute approximate surface area is 108 Å². The Morgan fingerprint density at radius 2 is 2.06 bits per heavy atom. The maximum absolute atomic E-state index is 4.08. The van der Waals surface area contributed by atoms with Gasteiger partial charge < -0.3 is 4.90 Å². The Hall–Kier alpha value is -1.29. The van der Waals surface area contributed by atoms with Crippen molar-refractivity contribution in [3.05, 3.63) is 35.9 Å². The molecule has 92 valence electrons. The minimum atomic E-state index is 0.839. The first kappa shape index (κ1) is 13.8. The highest BCUT2D eigenvalue weighted by Crippen LogP contribution is 2.12. The van der Waals surface area contributed by atoms with Crippen molar-refractivity contribution in [2.24, 2.45) is 10.2 Å². The highest BCUT2D eigenvalue weighted by Gasteiger charge is 2.07. The molecule has 0 unspecified atom stereocenters. The first-order valence-electron chi connectivity index (χ1n) is 5.69. The van der Waals surface area contributed by atoms with Gasteiger partial charge in [-0.1, -0.05) is 49.0 Å². The van der Waals surface area contributed by atoms with E-state index in [9.17, 15) is 0 Å². The first-order chi connectivity index (χ1) is 8.27. The van der Waals surface area contributed by atoms with Gasteiger partial charge in [-0.3, -0.25) is 0 Å². The monoisotopic (exact) mass is 249 g/mol. The van der Waals surface area contributed by atoms with Crippen molar-refractivity contribution < 1.29 is 0 Å². The van der Waals surface area contributed by atoms with Crippen LogP contribution in [0.15, 0.2) is 40.5 Å². The molecule has 1 aromatic carbocycles. The van der Waals surface area contributed by atoms with Crippen LogP contribution in [0.4, 0.5) is 0 Å². The van der Waals surface area contributed by atoms with E-state index in [1.165, 1.54) is 5.56 Å². The highest BCUT2D eigenvalue weighted by atomic mass is 32.2. The molecule has 0 aromatic heterocycles. The summed E-state index contributed by atoms with van der Waals surface area (Å²) in [5.41, 5.74) is 1.27. The molecule has 0 fully saturated rings. The molecule has 0 saturated heterocycles. The molecule has 0 radical (unpaired) electrons. The van der Waals surface area contributed by atoms with E-state index in [2.05, 4.69) is 40.9 Å². The second-order valence-corrected chi connectivity index (χ2v) is 4.78. The zero-order valence-electron chi connectivity index (χ0n) is 10.5. The van der Waals surface area contributed by atoms with Crippen LogP contribution in [0.5, 0.6) is 0 Å². The van der Waals surface area contributed by atoms with E-state index in [1.54, 1.807) is 11.8 Å². The number of nitrogens with zero attached hydrogens (tertiary/aromatic N) is 3. The summed E-state index contributed by atoms with van der Waals surface area (Å²) in [6.07, 6.45) is 1.13. The largest absolute Gasteiger partial charge is 0.349 e. The second kappa shape index (κ2) is 7.90. The van der Waals surface area contributed by atoms with Gasteiger partial charge in [-0.05, 0) is 12.0 Å². The molecule has 1 rings (SSSR count). The van der Waals surface area contributed by atoms with Gasteiger partial charge in [0.05, 0.1) is 0 Å². The fourth-order valence-corrected chi connectivity index (χ4v) is 2.18. The van der Waals surface area contributed by atoms with Gasteiger partial charge in [-0.25, -0.2) is 0 Å². The van der Waals surface area contributed by atoms with Gasteiger partial charge in [0.2, 0.25) is 0 Å². The van der Waals surface area contributed by atoms with E-state index in [4.69, 9.17) is 0 Å². The van der Waals surface area contributed by atoms with E-state index in [-0.39, 0.29) is 0 Å². The van der Waals surface area contributed by atoms with Gasteiger partial charge in [0, 0.05) is 26.1 Å². The lowest BCUT2D eigenvalue weighted by molar-refractivity contribution is 0.509. The lowest BCUT2D eigenvalue weighted by atomic mass is 10.2. The summed E-state index contributed by atoms with van der Waals surface area (Å²) in [5.74, 6) is 1.05. The summed E-state index contributed by atoms with van der Waals surface area (Å²) < 4.78 is 0. The van der Waals surface area contributed by atoms with Crippen molar-refractivity contribution in [2.75, 3.05) is 12.8 Å². The summed E-state index contributed by atoms with van der Waals surface area (Å²) in [5, 5.41) is 8.63. The van der Waals surface area contributed by atoms with Crippen molar-refractivity contribution in [1.29, 1.82) is 0 Å². The minimum Gasteiger partial charge on any atom is -0.349 e. The van der Waals surface area contributed by atoms with Gasteiger partial charge in [0.15, 0.2) is 5.17 Å². The molecular weight excluding hydrogens is 230 g/mol. The van der Waals surface area contributed by atoms with Gasteiger partial charge in [-0.15, -0.1) is 5.10 Å². The van der Waals surface area contributed by atoms with Crippen LogP contribution in [0.2, 0.25) is 0 Å². The third kappa shape index (κ3) is 5.04. The lowest BCUT2D eigenvalue weighted by Crippen LogP contribution is -2.23. The molecule has 0 aliphatic heterocycles. The zero-order chi connectivity index (χ0) is 12.5. The van der Waals surface area contributed by atoms with Crippen LogP contribution < -0.4 is 0 Å². The molecule has 3 nitrogen and oxygen atoms in total. The second-order valence-electron chi connectivity index (χ2n) is 3.71. The summed E-state index contributed by atoms with van der Waals surface area (Å²) >= 11 is 1.72. The Balaban J connectivity index is 2.62. The van der Waals surface area contributed by atoms with Gasteiger partial charge in [0.25, 0.3) is 0 Å². The van der Waals surface area contributed by atoms with E-state index < -0.39 is 0 Å². The highest BCUT2D eigenvalue weighted by molar-refractivity contribution is 8.13. The Morgan fingerprint density at radius 3 is 2.65 bits per heavy atom. The Bertz CT molecular complexity index is 362. The topological polar surface area (TPSA) is 28.0 Å². The molecule has 0 atom stereocenters. The molecule has 0 aliphatic carbocycles. The molecule has 0 N–H and O–H groups in total. The average molecular weight is 249 g/mol. The van der Waals surface area contributed by atoms with Crippen LogP contribution in [-0.2, 0) is 6.54 Å². The van der Waals surface area contributed by atoms with Crippen molar-refractivity contribution in [2.45, 2.75) is 19.9 Å². The van der Waals surface area contributed by atoms with Crippen molar-refractivity contribution in [3.8, 4) is 0 Å². The number of hydrogen-bond acceptors (Lipinski definition) is 3. The van der Waals surface area contributed by atoms with Crippen LogP contribution in [-0.4, -0.2) is 29.6 Å². The van der Waals surface area contributed by atoms with Gasteiger partial charge in [-0.2, -0.15) is 5.10 Å². The molecule has 1 aromatic rings. The standard InChI is InChI=1S/C13H19N3S/c1-4-10-17-13(15-14-2)16(3)11-12-8-6-5-7-9-12/h5-9H,2,4,10-11H2,1,3H3/b15-13+. The Morgan fingerprint density at radius 1 is 1.35 bits per heavy atom. The number of thioether (sulfide) groups is 1. The summed E-state index contributed by atoms with van der Waals surface area (Å²) in [7, 11) is 2.03. The number of hydrogen-bond donors (Lipinski definition) is 0. The van der Waals surface area contributed by atoms with Crippen LogP contribution in [0, 0.1) is 0 Å². The van der Waals surface area contributed by atoms with Crippen LogP contribution in [0.1, 0.15) is 18.9 Å². The molecule has 4 heteroatoms. The van der Waals surface area contributed by atoms with Crippen LogP contribution in [0.25, 0.3) is 0 Å². The van der Waals surface area contributed by atoms with Crippen molar-refractivity contribution >= 4 is 23.6 Å². The molecule has 0 heterocycles. The number of amidine groups is 1. The van der Waals surface area contributed by atoms with E-state index in [1.807, 2.05) is 25.2 Å². The number of benzene rings is 1. The Kier molecular flexibility index (Phi) is 6.40. The fourth-order valence-electron chi connectivity index (χ4n) is 1.39. The number of rotatable bonds is 5. The van der Waals surface area contributed by atoms with Gasteiger partial charge >= 0.3 is 0 Å². The predicted octanol–water partition coefficient (Wildman–Crippen LogP) is 3.23. The van der Waals surface area contributed by atoms with E-state index in [0.717, 1.165) is 23.9 Å². The minimum absolute atomic E-state index is 0.839. The predicted molar refractivity (Wildman–Crippen MR) is 77.6 cm³/mol. The maximum Gasteiger partial charge on any atom is 0.185 e. The first-order valence-corrected chi connectivity index (χ1v) is 6.68. The van der Waals surface area contributed by atoms with Crippen LogP contribution in [0.3, 0.4) is 0 Å². The molecular formula is C13H19N3S. The maximum atomic E-state index is 4.08. The molecule has 0 amide bonds. The molecule has 0 spiro atoms. The summed E-state index contributed by atoms with van der Waals surface area (Å²) in [4.78, 5) is 2.10. The van der Waals surface area contributed by atoms with Crippen LogP contribution >= 0.6 is 11.8 Å². The van der Waals surface area contributed by atoms with E-state index >= 15 is 0 Å². The van der Waals surface area contributed by atoms with Gasteiger partial charge in [0.1, 0.15) is 0 Å². The lowest BCUT2D eigenvalue weighted by Gasteiger charge is -2.19. The fraction of sp³-hybridized carbons (Fsp3) is 0.385. The third-order valence-corrected chi connectivity index (χ3v) is 3.44.